The van der Waals surface area contributed by atoms with Crippen LogP contribution < -0.4 is 10.5 Å². The Labute approximate surface area is 110 Å². The van der Waals surface area contributed by atoms with E-state index in [2.05, 4.69) is 4.98 Å². The minimum atomic E-state index is -0.954. The van der Waals surface area contributed by atoms with Crippen LogP contribution in [0.3, 0.4) is 0 Å². The zero-order valence-corrected chi connectivity index (χ0v) is 11.2. The fourth-order valence-electron chi connectivity index (χ4n) is 1.76. The summed E-state index contributed by atoms with van der Waals surface area (Å²) < 4.78 is 5.10. The van der Waals surface area contributed by atoms with E-state index in [-0.39, 0.29) is 0 Å². The van der Waals surface area contributed by atoms with Gasteiger partial charge in [-0.05, 0) is 24.6 Å². The third-order valence-corrected chi connectivity index (χ3v) is 3.84. The summed E-state index contributed by atoms with van der Waals surface area (Å²) in [5.41, 5.74) is 5.67. The number of benzene rings is 1. The molecule has 0 spiro atoms. The second kappa shape index (κ2) is 4.96. The SMILES string of the molecule is COc1ccc(CC(C)(O)c2cnc(N)s2)cc1. The van der Waals surface area contributed by atoms with Crippen molar-refractivity contribution in [2.45, 2.75) is 18.9 Å². The molecule has 0 aliphatic rings. The van der Waals surface area contributed by atoms with E-state index < -0.39 is 5.60 Å². The van der Waals surface area contributed by atoms with Gasteiger partial charge in [0, 0.05) is 12.6 Å². The molecule has 0 saturated carbocycles. The van der Waals surface area contributed by atoms with Gasteiger partial charge in [-0.3, -0.25) is 0 Å². The summed E-state index contributed by atoms with van der Waals surface area (Å²) in [7, 11) is 1.63. The molecule has 1 atom stereocenters. The Morgan fingerprint density at radius 1 is 1.39 bits per heavy atom. The van der Waals surface area contributed by atoms with Gasteiger partial charge in [-0.2, -0.15) is 0 Å². The standard InChI is InChI=1S/C13H16N2O2S/c1-13(16,11-8-15-12(14)18-11)7-9-3-5-10(17-2)6-4-9/h3-6,8,16H,7H2,1-2H3,(H2,14,15). The minimum absolute atomic E-state index is 0.472. The van der Waals surface area contributed by atoms with E-state index in [0.29, 0.717) is 11.6 Å². The first-order chi connectivity index (χ1) is 8.51. The van der Waals surface area contributed by atoms with Crippen LogP contribution in [-0.2, 0) is 12.0 Å². The van der Waals surface area contributed by atoms with Crippen molar-refractivity contribution in [2.24, 2.45) is 0 Å². The molecule has 5 heteroatoms. The minimum Gasteiger partial charge on any atom is -0.497 e. The molecule has 18 heavy (non-hydrogen) atoms. The fraction of sp³-hybridized carbons (Fsp3) is 0.308. The van der Waals surface area contributed by atoms with Crippen molar-refractivity contribution in [1.29, 1.82) is 0 Å². The first-order valence-corrected chi connectivity index (χ1v) is 6.40. The summed E-state index contributed by atoms with van der Waals surface area (Å²) >= 11 is 1.31. The lowest BCUT2D eigenvalue weighted by Gasteiger charge is -2.21. The lowest BCUT2D eigenvalue weighted by Crippen LogP contribution is -2.22. The number of ether oxygens (including phenoxy) is 1. The maximum absolute atomic E-state index is 10.5. The Hall–Kier alpha value is -1.59. The highest BCUT2D eigenvalue weighted by Gasteiger charge is 2.26. The number of nitrogens with two attached hydrogens (primary N) is 1. The quantitative estimate of drug-likeness (QED) is 0.888. The van der Waals surface area contributed by atoms with Gasteiger partial charge >= 0.3 is 0 Å². The van der Waals surface area contributed by atoms with Crippen LogP contribution in [0.4, 0.5) is 5.13 Å². The van der Waals surface area contributed by atoms with Gasteiger partial charge in [0.15, 0.2) is 5.13 Å². The molecule has 0 saturated heterocycles. The van der Waals surface area contributed by atoms with Gasteiger partial charge in [-0.25, -0.2) is 4.98 Å². The maximum Gasteiger partial charge on any atom is 0.180 e. The first kappa shape index (κ1) is 12.9. The zero-order chi connectivity index (χ0) is 13.2. The van der Waals surface area contributed by atoms with E-state index >= 15 is 0 Å². The van der Waals surface area contributed by atoms with Crippen LogP contribution in [0.25, 0.3) is 0 Å². The maximum atomic E-state index is 10.5. The van der Waals surface area contributed by atoms with Crippen molar-refractivity contribution < 1.29 is 9.84 Å². The highest BCUT2D eigenvalue weighted by molar-refractivity contribution is 7.15. The van der Waals surface area contributed by atoms with Crippen LogP contribution in [0.15, 0.2) is 30.5 Å². The van der Waals surface area contributed by atoms with E-state index in [9.17, 15) is 5.11 Å². The van der Waals surface area contributed by atoms with Crippen molar-refractivity contribution in [2.75, 3.05) is 12.8 Å². The van der Waals surface area contributed by atoms with E-state index in [1.54, 1.807) is 20.2 Å². The van der Waals surface area contributed by atoms with Gasteiger partial charge in [-0.1, -0.05) is 23.5 Å². The molecule has 2 aromatic rings. The number of hydrogen-bond donors (Lipinski definition) is 2. The Morgan fingerprint density at radius 2 is 2.06 bits per heavy atom. The molecule has 0 bridgehead atoms. The number of nitrogens with zero attached hydrogens (tertiary/aromatic N) is 1. The van der Waals surface area contributed by atoms with Gasteiger partial charge < -0.3 is 15.6 Å². The lowest BCUT2D eigenvalue weighted by molar-refractivity contribution is 0.0612. The number of nitrogen functional groups attached to an aromatic ring is 1. The molecular weight excluding hydrogens is 248 g/mol. The third-order valence-electron chi connectivity index (χ3n) is 2.76. The van der Waals surface area contributed by atoms with Gasteiger partial charge in [0.25, 0.3) is 0 Å². The van der Waals surface area contributed by atoms with Crippen LogP contribution in [0, 0.1) is 0 Å². The molecule has 96 valence electrons. The molecule has 0 aliphatic carbocycles. The summed E-state index contributed by atoms with van der Waals surface area (Å²) in [5.74, 6) is 0.806. The third kappa shape index (κ3) is 2.80. The van der Waals surface area contributed by atoms with E-state index in [1.807, 2.05) is 24.3 Å². The van der Waals surface area contributed by atoms with Gasteiger partial charge in [0.1, 0.15) is 11.4 Å². The number of aromatic nitrogens is 1. The average Bonchev–Trinajstić information content (AvgIpc) is 2.77. The molecule has 3 N–H and O–H groups in total. The normalized spacial score (nSPS) is 14.2. The number of aliphatic hydroxyl groups is 1. The summed E-state index contributed by atoms with van der Waals surface area (Å²) in [6.07, 6.45) is 2.14. The van der Waals surface area contributed by atoms with Gasteiger partial charge in [0.05, 0.1) is 12.0 Å². The average molecular weight is 264 g/mol. The van der Waals surface area contributed by atoms with Crippen molar-refractivity contribution in [3.8, 4) is 5.75 Å². The fourth-order valence-corrected chi connectivity index (χ4v) is 2.49. The highest BCUT2D eigenvalue weighted by atomic mass is 32.1. The van der Waals surface area contributed by atoms with E-state index in [4.69, 9.17) is 10.5 Å². The number of anilines is 1. The summed E-state index contributed by atoms with van der Waals surface area (Å²) in [4.78, 5) is 4.74. The van der Waals surface area contributed by atoms with Crippen LogP contribution in [0.2, 0.25) is 0 Å². The molecule has 1 aromatic carbocycles. The Balaban J connectivity index is 2.16. The Bertz CT molecular complexity index is 520. The van der Waals surface area contributed by atoms with Crippen LogP contribution in [0.5, 0.6) is 5.75 Å². The number of hydrogen-bond acceptors (Lipinski definition) is 5. The predicted molar refractivity (Wildman–Crippen MR) is 72.8 cm³/mol. The van der Waals surface area contributed by atoms with Crippen LogP contribution >= 0.6 is 11.3 Å². The highest BCUT2D eigenvalue weighted by Crippen LogP contribution is 2.31. The molecule has 0 amide bonds. The van der Waals surface area contributed by atoms with E-state index in [1.165, 1.54) is 11.3 Å². The molecule has 0 aliphatic heterocycles. The summed E-state index contributed by atoms with van der Waals surface area (Å²) in [5, 5.41) is 10.9. The van der Waals surface area contributed by atoms with Crippen molar-refractivity contribution in [3.05, 3.63) is 40.9 Å². The number of thiazole rings is 1. The summed E-state index contributed by atoms with van der Waals surface area (Å²) in [6.45, 7) is 1.77. The smallest absolute Gasteiger partial charge is 0.180 e. The molecule has 1 unspecified atom stereocenters. The Kier molecular flexibility index (Phi) is 3.54. The second-order valence-corrected chi connectivity index (χ2v) is 5.42. The largest absolute Gasteiger partial charge is 0.497 e. The molecule has 1 heterocycles. The van der Waals surface area contributed by atoms with Crippen LogP contribution in [-0.4, -0.2) is 17.2 Å². The molecule has 0 radical (unpaired) electrons. The van der Waals surface area contributed by atoms with Crippen molar-refractivity contribution >= 4 is 16.5 Å². The molecular formula is C13H16N2O2S. The number of methoxy groups -OCH3 is 1. The molecule has 4 nitrogen and oxygen atoms in total. The topological polar surface area (TPSA) is 68.4 Å². The number of rotatable bonds is 4. The lowest BCUT2D eigenvalue weighted by atomic mass is 9.95. The zero-order valence-electron chi connectivity index (χ0n) is 10.4. The summed E-state index contributed by atoms with van der Waals surface area (Å²) in [6, 6.07) is 7.65. The first-order valence-electron chi connectivity index (χ1n) is 5.58. The second-order valence-electron chi connectivity index (χ2n) is 4.36. The monoisotopic (exact) mass is 264 g/mol. The molecule has 0 fully saturated rings. The Morgan fingerprint density at radius 3 is 2.56 bits per heavy atom. The van der Waals surface area contributed by atoms with E-state index in [0.717, 1.165) is 16.2 Å². The van der Waals surface area contributed by atoms with Gasteiger partial charge in [0.2, 0.25) is 0 Å². The van der Waals surface area contributed by atoms with Crippen LogP contribution in [0.1, 0.15) is 17.4 Å². The van der Waals surface area contributed by atoms with Crippen molar-refractivity contribution in [1.82, 2.24) is 4.98 Å². The predicted octanol–water partition coefficient (Wildman–Crippen LogP) is 2.18. The molecule has 2 rings (SSSR count). The van der Waals surface area contributed by atoms with Gasteiger partial charge in [-0.15, -0.1) is 0 Å². The molecule has 1 aromatic heterocycles. The van der Waals surface area contributed by atoms with Crippen molar-refractivity contribution in [3.63, 3.8) is 0 Å².